The number of hydrogen-bond donors (Lipinski definition) is 0. The minimum atomic E-state index is -1.10. The van der Waals surface area contributed by atoms with E-state index in [4.69, 9.17) is 4.98 Å². The molecule has 0 aliphatic carbocycles. The fraction of sp³-hybridized carbons (Fsp3) is 0.136. The molecule has 0 aliphatic heterocycles. The second-order valence-electron chi connectivity index (χ2n) is 6.40. The molecule has 0 saturated heterocycles. The lowest BCUT2D eigenvalue weighted by Gasteiger charge is -2.13. The molecule has 0 aliphatic rings. The smallest absolute Gasteiger partial charge is 0.267 e. The molecule has 5 nitrogen and oxygen atoms in total. The van der Waals surface area contributed by atoms with Gasteiger partial charge in [-0.1, -0.05) is 48.2 Å². The number of fused-ring (bicyclic) bond motifs is 1. The molecule has 0 spiro atoms. The Hall–Kier alpha value is -2.77. The van der Waals surface area contributed by atoms with E-state index in [2.05, 4.69) is 4.98 Å². The van der Waals surface area contributed by atoms with E-state index >= 15 is 0 Å². The van der Waals surface area contributed by atoms with Crippen LogP contribution in [0.1, 0.15) is 5.69 Å². The molecule has 0 amide bonds. The Morgan fingerprint density at radius 3 is 2.48 bits per heavy atom. The summed E-state index contributed by atoms with van der Waals surface area (Å²) in [6.45, 7) is 1.89. The molecular weight excluding hydrogens is 402 g/mol. The van der Waals surface area contributed by atoms with E-state index in [0.717, 1.165) is 10.6 Å². The SMILES string of the molecule is Cc1cccc(-n2c(SCC[S@@](=O)c3ccccc3)nc3ccccc3c2=O)n1. The van der Waals surface area contributed by atoms with Crippen LogP contribution in [-0.2, 0) is 10.8 Å². The van der Waals surface area contributed by atoms with E-state index in [9.17, 15) is 9.00 Å². The average Bonchev–Trinajstić information content (AvgIpc) is 2.74. The van der Waals surface area contributed by atoms with E-state index in [1.807, 2.05) is 67.6 Å². The maximum atomic E-state index is 13.2. The number of thioether (sulfide) groups is 1. The Bertz CT molecular complexity index is 1240. The first kappa shape index (κ1) is 19.5. The van der Waals surface area contributed by atoms with Crippen molar-refractivity contribution >= 4 is 33.5 Å². The van der Waals surface area contributed by atoms with Crippen molar-refractivity contribution in [2.45, 2.75) is 17.0 Å². The first-order valence-corrected chi connectivity index (χ1v) is 11.5. The third-order valence-electron chi connectivity index (χ3n) is 4.35. The number of aromatic nitrogens is 3. The monoisotopic (exact) mass is 421 g/mol. The summed E-state index contributed by atoms with van der Waals surface area (Å²) in [7, 11) is -1.10. The summed E-state index contributed by atoms with van der Waals surface area (Å²) in [5, 5.41) is 1.10. The van der Waals surface area contributed by atoms with Gasteiger partial charge in [-0.15, -0.1) is 0 Å². The van der Waals surface area contributed by atoms with Crippen molar-refractivity contribution in [3.8, 4) is 5.82 Å². The topological polar surface area (TPSA) is 64.8 Å². The summed E-state index contributed by atoms with van der Waals surface area (Å²) < 4.78 is 14.1. The quantitative estimate of drug-likeness (QED) is 0.348. The molecule has 146 valence electrons. The van der Waals surface area contributed by atoms with Crippen molar-refractivity contribution in [1.82, 2.24) is 14.5 Å². The number of para-hydroxylation sites is 1. The highest BCUT2D eigenvalue weighted by Gasteiger charge is 2.15. The molecule has 29 heavy (non-hydrogen) atoms. The van der Waals surface area contributed by atoms with Gasteiger partial charge in [0.15, 0.2) is 5.16 Å². The predicted octanol–water partition coefficient (Wildman–Crippen LogP) is 3.99. The first-order valence-electron chi connectivity index (χ1n) is 9.15. The molecule has 0 unspecified atom stereocenters. The molecule has 0 N–H and O–H groups in total. The summed E-state index contributed by atoms with van der Waals surface area (Å²) in [6, 6.07) is 22.3. The Balaban J connectivity index is 1.68. The van der Waals surface area contributed by atoms with Gasteiger partial charge in [0.2, 0.25) is 0 Å². The normalized spacial score (nSPS) is 12.2. The van der Waals surface area contributed by atoms with Crippen LogP contribution in [-0.4, -0.2) is 30.2 Å². The van der Waals surface area contributed by atoms with Crippen molar-refractivity contribution in [3.05, 3.63) is 88.8 Å². The third-order valence-corrected chi connectivity index (χ3v) is 6.93. The van der Waals surface area contributed by atoms with Crippen LogP contribution < -0.4 is 5.56 Å². The summed E-state index contributed by atoms with van der Waals surface area (Å²) in [4.78, 5) is 23.2. The van der Waals surface area contributed by atoms with E-state index in [1.54, 1.807) is 16.7 Å². The van der Waals surface area contributed by atoms with Crippen LogP contribution in [0.25, 0.3) is 16.7 Å². The number of aryl methyl sites for hydroxylation is 1. The van der Waals surface area contributed by atoms with Crippen LogP contribution in [0.3, 0.4) is 0 Å². The molecule has 0 radical (unpaired) electrons. The standard InChI is InChI=1S/C22H19N3O2S2/c1-16-8-7-13-20(23-16)25-21(26)18-11-5-6-12-19(18)24-22(25)28-14-15-29(27)17-9-3-2-4-10-17/h2-13H,14-15H2,1H3/t29-/m1/s1. The highest BCUT2D eigenvalue weighted by atomic mass is 32.2. The van der Waals surface area contributed by atoms with E-state index < -0.39 is 10.8 Å². The highest BCUT2D eigenvalue weighted by Crippen LogP contribution is 2.21. The van der Waals surface area contributed by atoms with E-state index in [1.165, 1.54) is 11.8 Å². The molecular formula is C22H19N3O2S2. The highest BCUT2D eigenvalue weighted by molar-refractivity contribution is 8.00. The zero-order chi connectivity index (χ0) is 20.2. The van der Waals surface area contributed by atoms with Gasteiger partial charge < -0.3 is 0 Å². The predicted molar refractivity (Wildman–Crippen MR) is 118 cm³/mol. The summed E-state index contributed by atoms with van der Waals surface area (Å²) >= 11 is 1.42. The molecule has 2 heterocycles. The maximum Gasteiger partial charge on any atom is 0.267 e. The molecule has 2 aromatic carbocycles. The zero-order valence-corrected chi connectivity index (χ0v) is 17.5. The van der Waals surface area contributed by atoms with Crippen molar-refractivity contribution in [1.29, 1.82) is 0 Å². The lowest BCUT2D eigenvalue weighted by Crippen LogP contribution is -2.23. The van der Waals surface area contributed by atoms with Gasteiger partial charge in [-0.3, -0.25) is 9.00 Å². The molecule has 0 saturated carbocycles. The molecule has 2 aromatic heterocycles. The van der Waals surface area contributed by atoms with Gasteiger partial charge in [0.1, 0.15) is 5.82 Å². The van der Waals surface area contributed by atoms with Gasteiger partial charge in [0.05, 0.1) is 21.7 Å². The summed E-state index contributed by atoms with van der Waals surface area (Å²) in [6.07, 6.45) is 0. The zero-order valence-electron chi connectivity index (χ0n) is 15.8. The fourth-order valence-corrected chi connectivity index (χ4v) is 5.25. The molecule has 1 atom stereocenters. The van der Waals surface area contributed by atoms with Gasteiger partial charge >= 0.3 is 0 Å². The van der Waals surface area contributed by atoms with Crippen LogP contribution in [0.2, 0.25) is 0 Å². The Kier molecular flexibility index (Phi) is 5.87. The number of rotatable bonds is 6. The van der Waals surface area contributed by atoms with Crippen molar-refractivity contribution < 1.29 is 4.21 Å². The number of pyridine rings is 1. The minimum absolute atomic E-state index is 0.152. The lowest BCUT2D eigenvalue weighted by atomic mass is 10.2. The van der Waals surface area contributed by atoms with Crippen LogP contribution in [0.15, 0.2) is 87.6 Å². The number of hydrogen-bond acceptors (Lipinski definition) is 5. The summed E-state index contributed by atoms with van der Waals surface area (Å²) in [5.74, 6) is 1.58. The van der Waals surface area contributed by atoms with E-state index in [-0.39, 0.29) is 5.56 Å². The van der Waals surface area contributed by atoms with Crippen LogP contribution >= 0.6 is 11.8 Å². The Morgan fingerprint density at radius 2 is 1.69 bits per heavy atom. The maximum absolute atomic E-state index is 13.2. The van der Waals surface area contributed by atoms with Crippen LogP contribution in [0.4, 0.5) is 0 Å². The largest absolute Gasteiger partial charge is 0.268 e. The van der Waals surface area contributed by atoms with E-state index in [0.29, 0.717) is 33.4 Å². The van der Waals surface area contributed by atoms with Gasteiger partial charge in [-0.05, 0) is 43.3 Å². The fourth-order valence-electron chi connectivity index (χ4n) is 2.96. The lowest BCUT2D eigenvalue weighted by molar-refractivity contribution is 0.684. The van der Waals surface area contributed by atoms with Crippen LogP contribution in [0.5, 0.6) is 0 Å². The van der Waals surface area contributed by atoms with Gasteiger partial charge in [0.25, 0.3) is 5.56 Å². The van der Waals surface area contributed by atoms with Crippen LogP contribution in [0, 0.1) is 6.92 Å². The first-order chi connectivity index (χ1) is 14.1. The second kappa shape index (κ2) is 8.71. The minimum Gasteiger partial charge on any atom is -0.268 e. The molecule has 0 fully saturated rings. The Morgan fingerprint density at radius 1 is 0.931 bits per heavy atom. The van der Waals surface area contributed by atoms with Crippen molar-refractivity contribution in [2.75, 3.05) is 11.5 Å². The summed E-state index contributed by atoms with van der Waals surface area (Å²) in [5.41, 5.74) is 1.32. The average molecular weight is 422 g/mol. The number of nitrogens with zero attached hydrogens (tertiary/aromatic N) is 3. The molecule has 7 heteroatoms. The Labute approximate surface area is 175 Å². The van der Waals surface area contributed by atoms with Gasteiger partial charge in [0, 0.05) is 22.1 Å². The van der Waals surface area contributed by atoms with Gasteiger partial charge in [-0.2, -0.15) is 0 Å². The second-order valence-corrected chi connectivity index (χ2v) is 9.03. The number of benzene rings is 2. The van der Waals surface area contributed by atoms with Crippen molar-refractivity contribution in [2.24, 2.45) is 0 Å². The third kappa shape index (κ3) is 4.31. The molecule has 4 aromatic rings. The van der Waals surface area contributed by atoms with Gasteiger partial charge in [-0.25, -0.2) is 14.5 Å². The molecule has 4 rings (SSSR count). The van der Waals surface area contributed by atoms with Crippen molar-refractivity contribution in [3.63, 3.8) is 0 Å². The molecule has 0 bridgehead atoms.